The first-order valence-electron chi connectivity index (χ1n) is 5.03. The molecule has 0 aromatic heterocycles. The van der Waals surface area contributed by atoms with Gasteiger partial charge in [0.05, 0.1) is 0 Å². The average molecular weight is 418 g/mol. The molecular formula is C10H14Br2N2O2S2. The fourth-order valence-corrected chi connectivity index (χ4v) is 6.00. The van der Waals surface area contributed by atoms with Gasteiger partial charge < -0.3 is 5.73 Å². The van der Waals surface area contributed by atoms with Crippen molar-refractivity contribution in [3.63, 3.8) is 0 Å². The lowest BCUT2D eigenvalue weighted by Crippen LogP contribution is -2.34. The van der Waals surface area contributed by atoms with Crippen LogP contribution in [0.4, 0.5) is 5.69 Å². The Bertz CT molecular complexity index is 512. The Morgan fingerprint density at radius 2 is 1.89 bits per heavy atom. The van der Waals surface area contributed by atoms with Crippen LogP contribution in [0.15, 0.2) is 26.0 Å². The third-order valence-corrected chi connectivity index (χ3v) is 6.36. The van der Waals surface area contributed by atoms with Crippen molar-refractivity contribution in [2.24, 2.45) is 0 Å². The molecule has 3 N–H and O–H groups in total. The monoisotopic (exact) mass is 416 g/mol. The Morgan fingerprint density at radius 3 is 2.33 bits per heavy atom. The molecular weight excluding hydrogens is 404 g/mol. The molecule has 8 heteroatoms. The Labute approximate surface area is 128 Å². The van der Waals surface area contributed by atoms with E-state index < -0.39 is 10.0 Å². The number of rotatable bonds is 5. The largest absolute Gasteiger partial charge is 0.399 e. The molecule has 0 fully saturated rings. The van der Waals surface area contributed by atoms with Gasteiger partial charge >= 0.3 is 0 Å². The van der Waals surface area contributed by atoms with Gasteiger partial charge in [0.15, 0.2) is 0 Å². The zero-order valence-electron chi connectivity index (χ0n) is 9.91. The quantitative estimate of drug-likeness (QED) is 0.722. The van der Waals surface area contributed by atoms with E-state index in [9.17, 15) is 8.42 Å². The summed E-state index contributed by atoms with van der Waals surface area (Å²) in [6.07, 6.45) is 1.93. The molecule has 1 rings (SSSR count). The number of nitrogens with two attached hydrogens (primary N) is 1. The smallest absolute Gasteiger partial charge is 0.243 e. The number of halogens is 2. The minimum atomic E-state index is -3.57. The molecule has 102 valence electrons. The molecule has 0 bridgehead atoms. The standard InChI is InChI=1S/C10H14Br2N2O2S2/c1-6(5-17-2)14-18(15,16)10-8(11)3-7(13)4-9(10)12/h3-4,6,14H,5,13H2,1-2H3. The molecule has 4 nitrogen and oxygen atoms in total. The zero-order chi connectivity index (χ0) is 13.9. The molecule has 0 saturated heterocycles. The molecule has 0 aliphatic heterocycles. The Kier molecular flexibility index (Phi) is 5.98. The van der Waals surface area contributed by atoms with Crippen LogP contribution in [-0.2, 0) is 10.0 Å². The first-order chi connectivity index (χ1) is 8.27. The molecule has 1 aromatic rings. The minimum absolute atomic E-state index is 0.138. The Hall–Kier alpha value is 0.240. The van der Waals surface area contributed by atoms with Crippen LogP contribution in [0.25, 0.3) is 0 Å². The summed E-state index contributed by atoms with van der Waals surface area (Å²) in [4.78, 5) is 0.171. The highest BCUT2D eigenvalue weighted by Gasteiger charge is 2.23. The number of thioether (sulfide) groups is 1. The second kappa shape index (κ2) is 6.60. The second-order valence-electron chi connectivity index (χ2n) is 3.79. The van der Waals surface area contributed by atoms with Gasteiger partial charge in [-0.05, 0) is 57.2 Å². The molecule has 0 aliphatic carbocycles. The van der Waals surface area contributed by atoms with E-state index in [0.717, 1.165) is 0 Å². The van der Waals surface area contributed by atoms with Crippen molar-refractivity contribution in [3.8, 4) is 0 Å². The number of sulfonamides is 1. The summed E-state index contributed by atoms with van der Waals surface area (Å²) in [6.45, 7) is 1.83. The van der Waals surface area contributed by atoms with Crippen LogP contribution in [0, 0.1) is 0 Å². The number of benzene rings is 1. The third kappa shape index (κ3) is 4.12. The molecule has 1 unspecified atom stereocenters. The van der Waals surface area contributed by atoms with Gasteiger partial charge in [-0.3, -0.25) is 0 Å². The predicted molar refractivity (Wildman–Crippen MR) is 84.4 cm³/mol. The van der Waals surface area contributed by atoms with Gasteiger partial charge in [-0.15, -0.1) is 0 Å². The van der Waals surface area contributed by atoms with E-state index in [0.29, 0.717) is 20.4 Å². The van der Waals surface area contributed by atoms with Crippen LogP contribution in [0.1, 0.15) is 6.92 Å². The lowest BCUT2D eigenvalue weighted by atomic mass is 10.3. The third-order valence-electron chi connectivity index (χ3n) is 2.06. The van der Waals surface area contributed by atoms with Gasteiger partial charge in [-0.25, -0.2) is 13.1 Å². The average Bonchev–Trinajstić information content (AvgIpc) is 2.13. The maximum absolute atomic E-state index is 12.2. The second-order valence-corrected chi connectivity index (χ2v) is 8.06. The number of anilines is 1. The van der Waals surface area contributed by atoms with Crippen LogP contribution in [-0.4, -0.2) is 26.5 Å². The molecule has 1 atom stereocenters. The summed E-state index contributed by atoms with van der Waals surface area (Å²) in [5.74, 6) is 0.712. The van der Waals surface area contributed by atoms with Crippen LogP contribution in [0.5, 0.6) is 0 Å². The van der Waals surface area contributed by atoms with Gasteiger partial charge in [0.25, 0.3) is 0 Å². The fraction of sp³-hybridized carbons (Fsp3) is 0.400. The first-order valence-corrected chi connectivity index (χ1v) is 9.50. The lowest BCUT2D eigenvalue weighted by Gasteiger charge is -2.15. The van der Waals surface area contributed by atoms with Gasteiger partial charge in [-0.1, -0.05) is 0 Å². The van der Waals surface area contributed by atoms with E-state index in [1.807, 2.05) is 13.2 Å². The topological polar surface area (TPSA) is 72.2 Å². The summed E-state index contributed by atoms with van der Waals surface area (Å²) in [6, 6.07) is 3.00. The van der Waals surface area contributed by atoms with E-state index in [1.54, 1.807) is 23.9 Å². The van der Waals surface area contributed by atoms with E-state index >= 15 is 0 Å². The number of nitrogens with one attached hydrogen (secondary N) is 1. The molecule has 0 spiro atoms. The molecule has 0 aliphatic rings. The first kappa shape index (κ1) is 16.3. The summed E-state index contributed by atoms with van der Waals surface area (Å²) < 4.78 is 28.0. The SMILES string of the molecule is CSCC(C)NS(=O)(=O)c1c(Br)cc(N)cc1Br. The van der Waals surface area contributed by atoms with Crippen LogP contribution < -0.4 is 10.5 Å². The number of hydrogen-bond acceptors (Lipinski definition) is 4. The highest BCUT2D eigenvalue weighted by Crippen LogP contribution is 2.32. The van der Waals surface area contributed by atoms with E-state index in [-0.39, 0.29) is 10.9 Å². The van der Waals surface area contributed by atoms with Gasteiger partial charge in [0, 0.05) is 26.4 Å². The lowest BCUT2D eigenvalue weighted by molar-refractivity contribution is 0.570. The van der Waals surface area contributed by atoms with Crippen LogP contribution in [0.2, 0.25) is 0 Å². The normalized spacial score (nSPS) is 13.6. The van der Waals surface area contributed by atoms with Crippen LogP contribution >= 0.6 is 43.6 Å². The van der Waals surface area contributed by atoms with Crippen molar-refractivity contribution in [1.82, 2.24) is 4.72 Å². The summed E-state index contributed by atoms with van der Waals surface area (Å²) in [5.41, 5.74) is 6.13. The van der Waals surface area contributed by atoms with Crippen molar-refractivity contribution in [1.29, 1.82) is 0 Å². The molecule has 0 radical (unpaired) electrons. The van der Waals surface area contributed by atoms with Crippen molar-refractivity contribution in [2.45, 2.75) is 17.9 Å². The molecule has 18 heavy (non-hydrogen) atoms. The van der Waals surface area contributed by atoms with Crippen molar-refractivity contribution in [2.75, 3.05) is 17.7 Å². The zero-order valence-corrected chi connectivity index (χ0v) is 14.7. The highest BCUT2D eigenvalue weighted by atomic mass is 79.9. The maximum atomic E-state index is 12.2. The van der Waals surface area contributed by atoms with E-state index in [1.165, 1.54) is 0 Å². The summed E-state index contributed by atoms with van der Waals surface area (Å²) in [7, 11) is -3.57. The summed E-state index contributed by atoms with van der Waals surface area (Å²) in [5, 5.41) is 0. The highest BCUT2D eigenvalue weighted by molar-refractivity contribution is 9.11. The van der Waals surface area contributed by atoms with Crippen molar-refractivity contribution < 1.29 is 8.42 Å². The van der Waals surface area contributed by atoms with E-state index in [2.05, 4.69) is 36.6 Å². The van der Waals surface area contributed by atoms with E-state index in [4.69, 9.17) is 5.73 Å². The van der Waals surface area contributed by atoms with Crippen molar-refractivity contribution >= 4 is 59.3 Å². The molecule has 0 heterocycles. The molecule has 0 saturated carbocycles. The maximum Gasteiger partial charge on any atom is 0.243 e. The summed E-state index contributed by atoms with van der Waals surface area (Å²) >= 11 is 8.04. The number of nitrogen functional groups attached to an aromatic ring is 1. The molecule has 0 amide bonds. The van der Waals surface area contributed by atoms with Crippen molar-refractivity contribution in [3.05, 3.63) is 21.1 Å². The Balaban J connectivity index is 3.13. The predicted octanol–water partition coefficient (Wildman–Crippen LogP) is 2.82. The number of hydrogen-bond donors (Lipinski definition) is 2. The van der Waals surface area contributed by atoms with Crippen LogP contribution in [0.3, 0.4) is 0 Å². The van der Waals surface area contributed by atoms with Gasteiger partial charge in [0.1, 0.15) is 4.90 Å². The fourth-order valence-electron chi connectivity index (χ4n) is 1.44. The molecule has 1 aromatic carbocycles. The minimum Gasteiger partial charge on any atom is -0.399 e. The Morgan fingerprint density at radius 1 is 1.39 bits per heavy atom. The van der Waals surface area contributed by atoms with Gasteiger partial charge in [-0.2, -0.15) is 11.8 Å². The van der Waals surface area contributed by atoms with Gasteiger partial charge in [0.2, 0.25) is 10.0 Å².